The summed E-state index contributed by atoms with van der Waals surface area (Å²) in [5, 5.41) is 8.90. The van der Waals surface area contributed by atoms with Gasteiger partial charge in [0.1, 0.15) is 17.2 Å². The molecule has 0 spiro atoms. The van der Waals surface area contributed by atoms with Crippen LogP contribution in [0, 0.1) is 0 Å². The highest BCUT2D eigenvalue weighted by Crippen LogP contribution is 2.30. The number of carbonyl (C=O) groups excluding carboxylic acids is 3. The average Bonchev–Trinajstić information content (AvgIpc) is 3.09. The lowest BCUT2D eigenvalue weighted by Crippen LogP contribution is -2.30. The molecule has 0 radical (unpaired) electrons. The van der Waals surface area contributed by atoms with Crippen molar-refractivity contribution in [2.75, 3.05) is 10.6 Å². The van der Waals surface area contributed by atoms with Crippen LogP contribution in [0.15, 0.2) is 138 Å². The summed E-state index contributed by atoms with van der Waals surface area (Å²) in [6, 6.07) is 37.2. The van der Waals surface area contributed by atoms with E-state index in [1.165, 1.54) is 17.8 Å². The van der Waals surface area contributed by atoms with E-state index in [1.807, 2.05) is 43.3 Å². The summed E-state index contributed by atoms with van der Waals surface area (Å²) < 4.78 is 5.84. The van der Waals surface area contributed by atoms with Crippen molar-refractivity contribution in [3.63, 3.8) is 0 Å². The minimum absolute atomic E-state index is 0.0165. The fourth-order valence-electron chi connectivity index (χ4n) is 4.50. The van der Waals surface area contributed by atoms with Gasteiger partial charge in [-0.2, -0.15) is 0 Å². The van der Waals surface area contributed by atoms with E-state index in [9.17, 15) is 14.4 Å². The zero-order valence-electron chi connectivity index (χ0n) is 25.8. The van der Waals surface area contributed by atoms with E-state index >= 15 is 0 Å². The molecule has 5 rings (SSSR count). The first kappa shape index (κ1) is 34.3. The number of rotatable bonds is 12. The molecule has 0 aliphatic heterocycles. The number of halogens is 2. The third-order valence-electron chi connectivity index (χ3n) is 6.93. The Morgan fingerprint density at radius 2 is 1.44 bits per heavy atom. The van der Waals surface area contributed by atoms with Crippen LogP contribution in [0.5, 0.6) is 11.5 Å². The Labute approximate surface area is 293 Å². The second kappa shape index (κ2) is 16.7. The van der Waals surface area contributed by atoms with Gasteiger partial charge in [0.05, 0.1) is 5.25 Å². The lowest BCUT2D eigenvalue weighted by Gasteiger charge is -2.16. The number of anilines is 2. The maximum absolute atomic E-state index is 13.5. The first-order valence-corrected chi connectivity index (χ1v) is 16.7. The lowest BCUT2D eigenvalue weighted by molar-refractivity contribution is -0.116. The van der Waals surface area contributed by atoms with Crippen molar-refractivity contribution in [2.45, 2.75) is 23.5 Å². The average molecular weight is 697 g/mol. The predicted molar refractivity (Wildman–Crippen MR) is 195 cm³/mol. The molecule has 7 nitrogen and oxygen atoms in total. The first-order valence-electron chi connectivity index (χ1n) is 15.0. The molecule has 0 aliphatic carbocycles. The number of nitrogens with one attached hydrogen (secondary N) is 3. The van der Waals surface area contributed by atoms with Gasteiger partial charge in [-0.05, 0) is 96.9 Å². The molecule has 5 aromatic carbocycles. The number of benzene rings is 5. The van der Waals surface area contributed by atoms with Crippen LogP contribution in [0.2, 0.25) is 10.0 Å². The Morgan fingerprint density at radius 3 is 2.12 bits per heavy atom. The molecule has 10 heteroatoms. The zero-order valence-corrected chi connectivity index (χ0v) is 28.1. The van der Waals surface area contributed by atoms with E-state index < -0.39 is 17.1 Å². The summed E-state index contributed by atoms with van der Waals surface area (Å²) in [4.78, 5) is 40.5. The smallest absolute Gasteiger partial charge is 0.272 e. The van der Waals surface area contributed by atoms with Gasteiger partial charge in [0.2, 0.25) is 5.91 Å². The number of ether oxygens (including phenoxy) is 1. The molecule has 5 aromatic rings. The van der Waals surface area contributed by atoms with Gasteiger partial charge in [0.25, 0.3) is 11.8 Å². The Morgan fingerprint density at radius 1 is 0.750 bits per heavy atom. The molecule has 3 N–H and O–H groups in total. The van der Waals surface area contributed by atoms with E-state index in [0.717, 1.165) is 10.6 Å². The van der Waals surface area contributed by atoms with Crippen molar-refractivity contribution in [1.29, 1.82) is 0 Å². The van der Waals surface area contributed by atoms with Gasteiger partial charge in [0, 0.05) is 31.9 Å². The van der Waals surface area contributed by atoms with E-state index in [-0.39, 0.29) is 11.6 Å². The highest BCUT2D eigenvalue weighted by Gasteiger charge is 2.20. The van der Waals surface area contributed by atoms with Gasteiger partial charge in [-0.15, -0.1) is 11.8 Å². The first-order chi connectivity index (χ1) is 23.3. The van der Waals surface area contributed by atoms with Crippen LogP contribution in [-0.2, 0) is 9.59 Å². The molecule has 0 aliphatic rings. The molecule has 3 amide bonds. The van der Waals surface area contributed by atoms with Gasteiger partial charge in [-0.3, -0.25) is 14.4 Å². The van der Waals surface area contributed by atoms with Crippen molar-refractivity contribution in [1.82, 2.24) is 5.32 Å². The largest absolute Gasteiger partial charge is 0.457 e. The van der Waals surface area contributed by atoms with Crippen LogP contribution in [0.1, 0.15) is 29.3 Å². The second-order valence-corrected chi connectivity index (χ2v) is 12.6. The number of amides is 3. The molecule has 1 atom stereocenters. The third-order valence-corrected chi connectivity index (χ3v) is 8.85. The van der Waals surface area contributed by atoms with Gasteiger partial charge < -0.3 is 20.7 Å². The van der Waals surface area contributed by atoms with E-state index in [4.69, 9.17) is 27.9 Å². The van der Waals surface area contributed by atoms with Crippen LogP contribution in [0.3, 0.4) is 0 Å². The molecule has 0 saturated carbocycles. The van der Waals surface area contributed by atoms with Crippen molar-refractivity contribution >= 4 is 70.1 Å². The second-order valence-electron chi connectivity index (χ2n) is 10.5. The molecule has 1 unspecified atom stereocenters. The standard InChI is InChI=1S/C38H31Cl2N3O4S/c1-2-35(38(46)41-28-18-20-31(21-19-28)47-30-13-7-4-8-14-30)48-32-15-9-12-29(24-32)42-37(45)34(22-26-16-17-27(39)23-33(26)40)43-36(44)25-10-5-3-6-11-25/h3-24,35H,2H2,1H3,(H,41,46)(H,42,45)(H,43,44)/b34-22+. The summed E-state index contributed by atoms with van der Waals surface area (Å²) >= 11 is 13.8. The van der Waals surface area contributed by atoms with Crippen LogP contribution in [0.25, 0.3) is 6.08 Å². The van der Waals surface area contributed by atoms with Gasteiger partial charge >= 0.3 is 0 Å². The van der Waals surface area contributed by atoms with Gasteiger partial charge in [0.15, 0.2) is 0 Å². The number of para-hydroxylation sites is 1. The Hall–Kier alpha value is -5.02. The zero-order chi connectivity index (χ0) is 33.9. The number of carbonyl (C=O) groups is 3. The fourth-order valence-corrected chi connectivity index (χ4v) is 5.98. The predicted octanol–water partition coefficient (Wildman–Crippen LogP) is 9.70. The fraction of sp³-hybridized carbons (Fsp3) is 0.0789. The molecule has 242 valence electrons. The minimum Gasteiger partial charge on any atom is -0.457 e. The number of thioether (sulfide) groups is 1. The summed E-state index contributed by atoms with van der Waals surface area (Å²) in [6.45, 7) is 1.94. The molecule has 0 bridgehead atoms. The molecule has 0 saturated heterocycles. The summed E-state index contributed by atoms with van der Waals surface area (Å²) in [5.74, 6) is 0.222. The maximum atomic E-state index is 13.5. The van der Waals surface area contributed by atoms with E-state index in [2.05, 4.69) is 16.0 Å². The molecule has 48 heavy (non-hydrogen) atoms. The van der Waals surface area contributed by atoms with Gasteiger partial charge in [-0.25, -0.2) is 0 Å². The van der Waals surface area contributed by atoms with Crippen molar-refractivity contribution in [3.05, 3.63) is 154 Å². The van der Waals surface area contributed by atoms with Crippen LogP contribution in [0.4, 0.5) is 11.4 Å². The van der Waals surface area contributed by atoms with Gasteiger partial charge in [-0.1, -0.05) is 78.7 Å². The van der Waals surface area contributed by atoms with E-state index in [0.29, 0.717) is 44.7 Å². The monoisotopic (exact) mass is 695 g/mol. The molecular weight excluding hydrogens is 665 g/mol. The Kier molecular flexibility index (Phi) is 11.9. The molecular formula is C38H31Cl2N3O4S. The minimum atomic E-state index is -0.558. The van der Waals surface area contributed by atoms with Crippen LogP contribution >= 0.6 is 35.0 Å². The maximum Gasteiger partial charge on any atom is 0.272 e. The van der Waals surface area contributed by atoms with Crippen LogP contribution in [-0.4, -0.2) is 23.0 Å². The molecule has 0 heterocycles. The number of hydrogen-bond acceptors (Lipinski definition) is 5. The molecule has 0 aromatic heterocycles. The van der Waals surface area contributed by atoms with Crippen molar-refractivity contribution < 1.29 is 19.1 Å². The molecule has 0 fully saturated rings. The third kappa shape index (κ3) is 9.75. The summed E-state index contributed by atoms with van der Waals surface area (Å²) in [6.07, 6.45) is 2.06. The highest BCUT2D eigenvalue weighted by atomic mass is 35.5. The lowest BCUT2D eigenvalue weighted by atomic mass is 10.1. The normalized spacial score (nSPS) is 11.7. The van der Waals surface area contributed by atoms with Crippen molar-refractivity contribution in [2.24, 2.45) is 0 Å². The quantitative estimate of drug-likeness (QED) is 0.0892. The van der Waals surface area contributed by atoms with E-state index in [1.54, 1.807) is 91.0 Å². The summed E-state index contributed by atoms with van der Waals surface area (Å²) in [5.41, 5.74) is 2.00. The Balaban J connectivity index is 1.26. The van der Waals surface area contributed by atoms with Crippen LogP contribution < -0.4 is 20.7 Å². The number of hydrogen-bond donors (Lipinski definition) is 3. The topological polar surface area (TPSA) is 96.5 Å². The Bertz CT molecular complexity index is 1920. The SMILES string of the molecule is CCC(Sc1cccc(NC(=O)/C(=C\c2ccc(Cl)cc2Cl)NC(=O)c2ccccc2)c1)C(=O)Nc1ccc(Oc2ccccc2)cc1. The highest BCUT2D eigenvalue weighted by molar-refractivity contribution is 8.00. The summed E-state index contributed by atoms with van der Waals surface area (Å²) in [7, 11) is 0. The van der Waals surface area contributed by atoms with Crippen molar-refractivity contribution in [3.8, 4) is 11.5 Å².